The quantitative estimate of drug-likeness (QED) is 0.148. The number of esters is 3. The summed E-state index contributed by atoms with van der Waals surface area (Å²) in [4.78, 5) is 33.0. The molecule has 0 radical (unpaired) electrons. The Morgan fingerprint density at radius 2 is 1.42 bits per heavy atom. The number of phenolic OH excluding ortho intramolecular Hbond substituents is 2. The van der Waals surface area contributed by atoms with E-state index in [1.807, 2.05) is 0 Å². The van der Waals surface area contributed by atoms with Crippen LogP contribution < -0.4 is 29.6 Å². The number of phenols is 2. The first-order valence-corrected chi connectivity index (χ1v) is 12.6. The predicted octanol–water partition coefficient (Wildman–Crippen LogP) is -1.00. The van der Waals surface area contributed by atoms with Crippen molar-refractivity contribution < 1.29 is 86.1 Å². The van der Waals surface area contributed by atoms with Gasteiger partial charge in [0.15, 0.2) is 11.5 Å². The molecular formula is C24H29NaO12S. The molecule has 12 nitrogen and oxygen atoms in total. The van der Waals surface area contributed by atoms with E-state index in [9.17, 15) is 37.6 Å². The van der Waals surface area contributed by atoms with E-state index in [-0.39, 0.29) is 58.5 Å². The number of carbonyl (C=O) groups is 3. The molecule has 1 aliphatic rings. The Bertz CT molecular complexity index is 1260. The maximum absolute atomic E-state index is 11.3. The normalized spacial score (nSPS) is 22.7. The predicted molar refractivity (Wildman–Crippen MR) is 126 cm³/mol. The summed E-state index contributed by atoms with van der Waals surface area (Å²) >= 11 is 0. The van der Waals surface area contributed by atoms with Gasteiger partial charge in [0, 0.05) is 26.7 Å². The molecule has 5 atom stereocenters. The summed E-state index contributed by atoms with van der Waals surface area (Å²) in [6, 6.07) is 6.17. The number of carbonyl (C=O) groups excluding carboxylic acids is 3. The number of rotatable bonds is 5. The minimum absolute atomic E-state index is 0. The molecule has 1 saturated heterocycles. The fourth-order valence-electron chi connectivity index (χ4n) is 3.89. The van der Waals surface area contributed by atoms with Gasteiger partial charge in [0.05, 0.1) is 11.0 Å². The zero-order chi connectivity index (χ0) is 28.1. The first kappa shape index (κ1) is 33.6. The second-order valence-electron chi connectivity index (χ2n) is 8.49. The average molecular weight is 565 g/mol. The molecule has 2 N–H and O–H groups in total. The van der Waals surface area contributed by atoms with E-state index in [4.69, 9.17) is 18.9 Å². The Morgan fingerprint density at radius 3 is 1.92 bits per heavy atom. The van der Waals surface area contributed by atoms with Crippen molar-refractivity contribution in [2.75, 3.05) is 6.61 Å². The van der Waals surface area contributed by atoms with Gasteiger partial charge < -0.3 is 33.7 Å². The first-order chi connectivity index (χ1) is 17.1. The standard InChI is InChI=1S/C14H22O7.C10H8O5S.Na/c1-7-13(20-10(4)16)8(2)19-12(6-18-9(3)15)14(7)21-11(5)17;11-9-4-6-1-2-8(16(13,14)15)3-7(6)5-10(9)12;/h7-8,12-14H,6H2,1-5H3;1-5,11-12H,(H,13,14,15);/q;;+1/p-1. The minimum atomic E-state index is -4.51. The van der Waals surface area contributed by atoms with Gasteiger partial charge in [-0.25, -0.2) is 8.42 Å². The van der Waals surface area contributed by atoms with Crippen LogP contribution in [0.4, 0.5) is 0 Å². The van der Waals surface area contributed by atoms with Crippen LogP contribution in [0.25, 0.3) is 10.8 Å². The van der Waals surface area contributed by atoms with Crippen LogP contribution in [-0.4, -0.2) is 72.1 Å². The van der Waals surface area contributed by atoms with Crippen molar-refractivity contribution in [2.24, 2.45) is 5.92 Å². The molecule has 204 valence electrons. The van der Waals surface area contributed by atoms with E-state index in [0.29, 0.717) is 10.8 Å². The summed E-state index contributed by atoms with van der Waals surface area (Å²) in [6.45, 7) is 7.43. The molecule has 1 fully saturated rings. The van der Waals surface area contributed by atoms with Gasteiger partial charge in [-0.1, -0.05) is 13.0 Å². The van der Waals surface area contributed by atoms with Crippen molar-refractivity contribution in [3.8, 4) is 11.5 Å². The molecule has 1 aliphatic heterocycles. The van der Waals surface area contributed by atoms with E-state index in [1.54, 1.807) is 13.8 Å². The molecule has 14 heteroatoms. The zero-order valence-corrected chi connectivity index (χ0v) is 24.7. The van der Waals surface area contributed by atoms with Gasteiger partial charge in [-0.05, 0) is 42.0 Å². The molecule has 2 aromatic carbocycles. The molecular weight excluding hydrogens is 535 g/mol. The fraction of sp³-hybridized carbons (Fsp3) is 0.458. The van der Waals surface area contributed by atoms with Gasteiger partial charge in [0.1, 0.15) is 35.0 Å². The third kappa shape index (κ3) is 9.40. The molecule has 38 heavy (non-hydrogen) atoms. The van der Waals surface area contributed by atoms with Crippen molar-refractivity contribution >= 4 is 38.8 Å². The van der Waals surface area contributed by atoms with Gasteiger partial charge in [0.2, 0.25) is 0 Å². The third-order valence-corrected chi connectivity index (χ3v) is 6.33. The van der Waals surface area contributed by atoms with Crippen molar-refractivity contribution in [3.63, 3.8) is 0 Å². The summed E-state index contributed by atoms with van der Waals surface area (Å²) in [5.41, 5.74) is 0. The Balaban J connectivity index is 0.000000382. The zero-order valence-electron chi connectivity index (χ0n) is 21.9. The molecule has 1 heterocycles. The van der Waals surface area contributed by atoms with Gasteiger partial charge in [-0.3, -0.25) is 14.4 Å². The monoisotopic (exact) mass is 564 g/mol. The SMILES string of the molecule is CC(=O)OCC1OC(C)C(OC(C)=O)C(C)C1OC(C)=O.O=S(=O)([O-])c1ccc2cc(O)c(O)cc2c1.[Na+]. The van der Waals surface area contributed by atoms with Crippen LogP contribution in [0.5, 0.6) is 11.5 Å². The number of hydrogen-bond donors (Lipinski definition) is 2. The van der Waals surface area contributed by atoms with Crippen LogP contribution in [0.1, 0.15) is 34.6 Å². The fourth-order valence-corrected chi connectivity index (χ4v) is 4.40. The van der Waals surface area contributed by atoms with E-state index in [0.717, 1.165) is 12.1 Å². The first-order valence-electron chi connectivity index (χ1n) is 11.1. The maximum Gasteiger partial charge on any atom is 1.00 e. The Kier molecular flexibility index (Phi) is 12.5. The Hall–Kier alpha value is -2.42. The summed E-state index contributed by atoms with van der Waals surface area (Å²) < 4.78 is 53.4. The number of ether oxygens (including phenoxy) is 4. The number of hydrogen-bond acceptors (Lipinski definition) is 12. The molecule has 0 bridgehead atoms. The van der Waals surface area contributed by atoms with Crippen LogP contribution in [0.2, 0.25) is 0 Å². The second kappa shape index (κ2) is 14.1. The second-order valence-corrected chi connectivity index (χ2v) is 9.87. The van der Waals surface area contributed by atoms with Gasteiger partial charge in [-0.15, -0.1) is 0 Å². The number of aromatic hydroxyl groups is 2. The maximum atomic E-state index is 11.3. The van der Waals surface area contributed by atoms with Gasteiger partial charge >= 0.3 is 47.5 Å². The van der Waals surface area contributed by atoms with Crippen LogP contribution >= 0.6 is 0 Å². The van der Waals surface area contributed by atoms with E-state index >= 15 is 0 Å². The molecule has 0 spiro atoms. The Morgan fingerprint density at radius 1 is 0.895 bits per heavy atom. The van der Waals surface area contributed by atoms with Gasteiger partial charge in [-0.2, -0.15) is 0 Å². The van der Waals surface area contributed by atoms with Crippen molar-refractivity contribution in [2.45, 2.75) is 63.9 Å². The summed E-state index contributed by atoms with van der Waals surface area (Å²) in [7, 11) is -4.51. The largest absolute Gasteiger partial charge is 1.00 e. The molecule has 5 unspecified atom stereocenters. The summed E-state index contributed by atoms with van der Waals surface area (Å²) in [6.07, 6.45) is -2.16. The molecule has 0 saturated carbocycles. The van der Waals surface area contributed by atoms with E-state index in [1.165, 1.54) is 39.0 Å². The minimum Gasteiger partial charge on any atom is -0.744 e. The average Bonchev–Trinajstić information content (AvgIpc) is 2.77. The summed E-state index contributed by atoms with van der Waals surface area (Å²) in [5.74, 6) is -2.29. The molecule has 0 amide bonds. The van der Waals surface area contributed by atoms with Crippen LogP contribution in [-0.2, 0) is 43.4 Å². The Labute approximate surface area is 242 Å². The van der Waals surface area contributed by atoms with E-state index in [2.05, 4.69) is 0 Å². The number of benzene rings is 2. The van der Waals surface area contributed by atoms with Crippen molar-refractivity contribution in [1.82, 2.24) is 0 Å². The van der Waals surface area contributed by atoms with E-state index < -0.39 is 52.4 Å². The van der Waals surface area contributed by atoms with Crippen LogP contribution in [0.3, 0.4) is 0 Å². The van der Waals surface area contributed by atoms with Crippen LogP contribution in [0, 0.1) is 5.92 Å². The topological polar surface area (TPSA) is 186 Å². The van der Waals surface area contributed by atoms with Crippen molar-refractivity contribution in [3.05, 3.63) is 30.3 Å². The smallest absolute Gasteiger partial charge is 0.744 e. The number of fused-ring (bicyclic) bond motifs is 1. The van der Waals surface area contributed by atoms with Crippen molar-refractivity contribution in [1.29, 1.82) is 0 Å². The summed E-state index contributed by atoms with van der Waals surface area (Å²) in [5, 5.41) is 19.3. The molecule has 0 aromatic heterocycles. The van der Waals surface area contributed by atoms with Crippen LogP contribution in [0.15, 0.2) is 35.2 Å². The molecule has 0 aliphatic carbocycles. The molecule has 3 rings (SSSR count). The van der Waals surface area contributed by atoms with Gasteiger partial charge in [0.25, 0.3) is 0 Å². The molecule has 2 aromatic rings. The third-order valence-electron chi connectivity index (χ3n) is 5.50.